The number of ether oxygens (including phenoxy) is 1. The van der Waals surface area contributed by atoms with Crippen molar-refractivity contribution < 1.29 is 13.9 Å². The van der Waals surface area contributed by atoms with Crippen molar-refractivity contribution in [1.82, 2.24) is 5.32 Å². The molecule has 0 heterocycles. The standard InChI is InChI=1S/C14H19FN2O2S/c1-3-5-9(2)17-12(18)8-19-11-7-4-6-10(15)13(11)14(16)20/h4,6-7,9H,3,5,8H2,1-2H3,(H2,16,20)(H,17,18). The van der Waals surface area contributed by atoms with Gasteiger partial charge in [0.25, 0.3) is 5.91 Å². The molecular formula is C14H19FN2O2S. The van der Waals surface area contributed by atoms with E-state index in [0.717, 1.165) is 12.8 Å². The minimum absolute atomic E-state index is 0.0249. The number of hydrogen-bond acceptors (Lipinski definition) is 3. The zero-order valence-electron chi connectivity index (χ0n) is 11.6. The Morgan fingerprint density at radius 1 is 1.55 bits per heavy atom. The van der Waals surface area contributed by atoms with Crippen LogP contribution in [0.5, 0.6) is 5.75 Å². The third-order valence-corrected chi connectivity index (χ3v) is 2.91. The number of rotatable bonds is 7. The number of amides is 1. The van der Waals surface area contributed by atoms with Crippen LogP contribution in [0.25, 0.3) is 0 Å². The number of carbonyl (C=O) groups excluding carboxylic acids is 1. The van der Waals surface area contributed by atoms with Crippen LogP contribution in [0.2, 0.25) is 0 Å². The van der Waals surface area contributed by atoms with Gasteiger partial charge in [-0.3, -0.25) is 4.79 Å². The Kier molecular flexibility index (Phi) is 6.38. The van der Waals surface area contributed by atoms with Crippen molar-refractivity contribution in [2.75, 3.05) is 6.61 Å². The zero-order valence-corrected chi connectivity index (χ0v) is 12.4. The van der Waals surface area contributed by atoms with E-state index in [-0.39, 0.29) is 34.9 Å². The Labute approximate surface area is 123 Å². The molecule has 1 rings (SSSR count). The predicted octanol–water partition coefficient (Wildman–Crippen LogP) is 2.14. The zero-order chi connectivity index (χ0) is 15.1. The summed E-state index contributed by atoms with van der Waals surface area (Å²) in [6.45, 7) is 3.76. The first kappa shape index (κ1) is 16.4. The van der Waals surface area contributed by atoms with Crippen molar-refractivity contribution in [3.8, 4) is 5.75 Å². The molecular weight excluding hydrogens is 279 g/mol. The van der Waals surface area contributed by atoms with E-state index in [1.165, 1.54) is 18.2 Å². The number of thiocarbonyl (C=S) groups is 1. The first-order valence-corrected chi connectivity index (χ1v) is 6.87. The molecule has 0 aromatic heterocycles. The fourth-order valence-electron chi connectivity index (χ4n) is 1.83. The van der Waals surface area contributed by atoms with E-state index < -0.39 is 5.82 Å². The molecule has 1 aromatic carbocycles. The quantitative estimate of drug-likeness (QED) is 0.757. The highest BCUT2D eigenvalue weighted by Gasteiger charge is 2.14. The average Bonchev–Trinajstić information content (AvgIpc) is 2.36. The molecule has 4 nitrogen and oxygen atoms in total. The van der Waals surface area contributed by atoms with Gasteiger partial charge >= 0.3 is 0 Å². The van der Waals surface area contributed by atoms with E-state index in [2.05, 4.69) is 5.32 Å². The van der Waals surface area contributed by atoms with Crippen LogP contribution in [0.15, 0.2) is 18.2 Å². The lowest BCUT2D eigenvalue weighted by Gasteiger charge is -2.14. The van der Waals surface area contributed by atoms with Crippen molar-refractivity contribution in [3.05, 3.63) is 29.6 Å². The van der Waals surface area contributed by atoms with Gasteiger partial charge in [-0.2, -0.15) is 0 Å². The smallest absolute Gasteiger partial charge is 0.258 e. The number of nitrogens with two attached hydrogens (primary N) is 1. The maximum atomic E-state index is 13.6. The maximum Gasteiger partial charge on any atom is 0.258 e. The van der Waals surface area contributed by atoms with Gasteiger partial charge in [0.1, 0.15) is 16.6 Å². The van der Waals surface area contributed by atoms with E-state index >= 15 is 0 Å². The van der Waals surface area contributed by atoms with E-state index in [1.54, 1.807) is 0 Å². The summed E-state index contributed by atoms with van der Waals surface area (Å²) >= 11 is 4.78. The minimum atomic E-state index is -0.560. The number of halogens is 1. The Morgan fingerprint density at radius 3 is 2.85 bits per heavy atom. The van der Waals surface area contributed by atoms with Crippen LogP contribution in [0, 0.1) is 5.82 Å². The number of carbonyl (C=O) groups is 1. The van der Waals surface area contributed by atoms with Crippen LogP contribution in [-0.4, -0.2) is 23.5 Å². The molecule has 0 saturated heterocycles. The van der Waals surface area contributed by atoms with Crippen molar-refractivity contribution in [1.29, 1.82) is 0 Å². The lowest BCUT2D eigenvalue weighted by Crippen LogP contribution is -2.36. The van der Waals surface area contributed by atoms with Gasteiger partial charge in [-0.15, -0.1) is 0 Å². The molecule has 1 aromatic rings. The van der Waals surface area contributed by atoms with Gasteiger partial charge in [0.05, 0.1) is 5.56 Å². The molecule has 6 heteroatoms. The summed E-state index contributed by atoms with van der Waals surface area (Å²) in [5.74, 6) is -0.644. The molecule has 0 bridgehead atoms. The highest BCUT2D eigenvalue weighted by molar-refractivity contribution is 7.80. The van der Waals surface area contributed by atoms with Gasteiger partial charge < -0.3 is 15.8 Å². The van der Waals surface area contributed by atoms with E-state index in [4.69, 9.17) is 22.7 Å². The van der Waals surface area contributed by atoms with Crippen molar-refractivity contribution in [3.63, 3.8) is 0 Å². The summed E-state index contributed by atoms with van der Waals surface area (Å²) in [5, 5.41) is 2.79. The van der Waals surface area contributed by atoms with E-state index in [0.29, 0.717) is 0 Å². The van der Waals surface area contributed by atoms with Crippen LogP contribution >= 0.6 is 12.2 Å². The number of benzene rings is 1. The maximum absolute atomic E-state index is 13.6. The van der Waals surface area contributed by atoms with Gasteiger partial charge in [-0.05, 0) is 25.5 Å². The number of nitrogens with one attached hydrogen (secondary N) is 1. The normalized spacial score (nSPS) is 11.8. The summed E-state index contributed by atoms with van der Waals surface area (Å²) in [4.78, 5) is 11.6. The van der Waals surface area contributed by atoms with Crippen LogP contribution in [0.4, 0.5) is 4.39 Å². The fourth-order valence-corrected chi connectivity index (χ4v) is 2.03. The van der Waals surface area contributed by atoms with Crippen molar-refractivity contribution in [2.24, 2.45) is 5.73 Å². The summed E-state index contributed by atoms with van der Waals surface area (Å²) in [6, 6.07) is 4.33. The van der Waals surface area contributed by atoms with Gasteiger partial charge in [0.15, 0.2) is 6.61 Å². The molecule has 1 unspecified atom stereocenters. The second kappa shape index (κ2) is 7.79. The second-order valence-electron chi connectivity index (χ2n) is 4.52. The van der Waals surface area contributed by atoms with E-state index in [9.17, 15) is 9.18 Å². The molecule has 0 aliphatic rings. The lowest BCUT2D eigenvalue weighted by molar-refractivity contribution is -0.123. The summed E-state index contributed by atoms with van der Waals surface area (Å²) in [5.41, 5.74) is 5.48. The summed E-state index contributed by atoms with van der Waals surface area (Å²) < 4.78 is 18.9. The minimum Gasteiger partial charge on any atom is -0.483 e. The molecule has 1 atom stereocenters. The van der Waals surface area contributed by atoms with Gasteiger partial charge in [-0.1, -0.05) is 31.6 Å². The molecule has 0 aliphatic heterocycles. The molecule has 0 spiro atoms. The lowest BCUT2D eigenvalue weighted by atomic mass is 10.2. The molecule has 20 heavy (non-hydrogen) atoms. The van der Waals surface area contributed by atoms with Crippen LogP contribution in [0.3, 0.4) is 0 Å². The van der Waals surface area contributed by atoms with Crippen molar-refractivity contribution >= 4 is 23.1 Å². The first-order chi connectivity index (χ1) is 9.45. The Hall–Kier alpha value is -1.69. The SMILES string of the molecule is CCCC(C)NC(=O)COc1cccc(F)c1C(N)=S. The summed E-state index contributed by atoms with van der Waals surface area (Å²) in [6.07, 6.45) is 1.88. The first-order valence-electron chi connectivity index (χ1n) is 6.46. The fraction of sp³-hybridized carbons (Fsp3) is 0.429. The average molecular weight is 298 g/mol. The van der Waals surface area contributed by atoms with Crippen LogP contribution in [0.1, 0.15) is 32.3 Å². The third kappa shape index (κ3) is 4.77. The highest BCUT2D eigenvalue weighted by atomic mass is 32.1. The van der Waals surface area contributed by atoms with Crippen LogP contribution in [-0.2, 0) is 4.79 Å². The highest BCUT2D eigenvalue weighted by Crippen LogP contribution is 2.21. The van der Waals surface area contributed by atoms with Gasteiger partial charge in [-0.25, -0.2) is 4.39 Å². The van der Waals surface area contributed by atoms with Crippen LogP contribution < -0.4 is 15.8 Å². The van der Waals surface area contributed by atoms with Gasteiger partial charge in [0, 0.05) is 6.04 Å². The molecule has 110 valence electrons. The molecule has 0 fully saturated rings. The second-order valence-corrected chi connectivity index (χ2v) is 4.96. The molecule has 0 saturated carbocycles. The Morgan fingerprint density at radius 2 is 2.25 bits per heavy atom. The van der Waals surface area contributed by atoms with E-state index in [1.807, 2.05) is 13.8 Å². The number of hydrogen-bond donors (Lipinski definition) is 2. The van der Waals surface area contributed by atoms with Gasteiger partial charge in [0.2, 0.25) is 0 Å². The monoisotopic (exact) mass is 298 g/mol. The molecule has 3 N–H and O–H groups in total. The molecule has 1 amide bonds. The third-order valence-electron chi connectivity index (χ3n) is 2.71. The molecule has 0 aliphatic carbocycles. The van der Waals surface area contributed by atoms with Crippen molar-refractivity contribution in [2.45, 2.75) is 32.7 Å². The Balaban J connectivity index is 2.64. The topological polar surface area (TPSA) is 64.3 Å². The molecule has 0 radical (unpaired) electrons. The predicted molar refractivity (Wildman–Crippen MR) is 80.3 cm³/mol. The largest absolute Gasteiger partial charge is 0.483 e. The Bertz CT molecular complexity index is 494. The summed E-state index contributed by atoms with van der Waals surface area (Å²) in [7, 11) is 0.